The van der Waals surface area contributed by atoms with Gasteiger partial charge in [-0.1, -0.05) is 0 Å². The molecular formula is C8H14Cl2N2O3. The fourth-order valence-corrected chi connectivity index (χ4v) is 1.05. The lowest BCUT2D eigenvalue weighted by Gasteiger charge is -2.08. The SMILES string of the molecule is Cc1ncc(CO)c(CN)c1O.ClCl.O. The highest BCUT2D eigenvalue weighted by atomic mass is 36.5. The summed E-state index contributed by atoms with van der Waals surface area (Å²) >= 11 is 0. The van der Waals surface area contributed by atoms with Crippen LogP contribution in [0, 0.1) is 6.92 Å². The molecule has 88 valence electrons. The van der Waals surface area contributed by atoms with Crippen molar-refractivity contribution in [2.75, 3.05) is 0 Å². The second-order valence-corrected chi connectivity index (χ2v) is 2.56. The monoisotopic (exact) mass is 256 g/mol. The van der Waals surface area contributed by atoms with Gasteiger partial charge in [0, 0.05) is 45.6 Å². The number of aromatic nitrogens is 1. The number of pyridine rings is 1. The summed E-state index contributed by atoms with van der Waals surface area (Å²) in [7, 11) is 8.22. The first kappa shape index (κ1) is 16.8. The summed E-state index contributed by atoms with van der Waals surface area (Å²) in [5.41, 5.74) is 7.09. The van der Waals surface area contributed by atoms with E-state index in [1.54, 1.807) is 6.92 Å². The summed E-state index contributed by atoms with van der Waals surface area (Å²) in [5, 5.41) is 18.3. The lowest BCUT2D eigenvalue weighted by atomic mass is 10.1. The van der Waals surface area contributed by atoms with Crippen LogP contribution in [0.2, 0.25) is 0 Å². The van der Waals surface area contributed by atoms with Crippen LogP contribution < -0.4 is 5.73 Å². The maximum Gasteiger partial charge on any atom is 0.141 e. The van der Waals surface area contributed by atoms with Gasteiger partial charge in [-0.2, -0.15) is 0 Å². The molecule has 7 heteroatoms. The zero-order chi connectivity index (χ0) is 11.1. The van der Waals surface area contributed by atoms with Crippen molar-refractivity contribution < 1.29 is 15.7 Å². The normalized spacial score (nSPS) is 8.60. The van der Waals surface area contributed by atoms with E-state index in [0.29, 0.717) is 16.8 Å². The van der Waals surface area contributed by atoms with Crippen molar-refractivity contribution in [3.63, 3.8) is 0 Å². The van der Waals surface area contributed by atoms with Gasteiger partial charge >= 0.3 is 0 Å². The number of nitrogens with two attached hydrogens (primary N) is 1. The van der Waals surface area contributed by atoms with Gasteiger partial charge < -0.3 is 21.4 Å². The Labute approximate surface area is 97.4 Å². The van der Waals surface area contributed by atoms with Crippen molar-refractivity contribution in [2.24, 2.45) is 5.73 Å². The minimum absolute atomic E-state index is 0. The summed E-state index contributed by atoms with van der Waals surface area (Å²) in [6.07, 6.45) is 1.53. The third kappa shape index (κ3) is 4.19. The van der Waals surface area contributed by atoms with Crippen LogP contribution in [0.15, 0.2) is 6.20 Å². The molecule has 0 unspecified atom stereocenters. The average Bonchev–Trinajstić information content (AvgIpc) is 2.24. The average molecular weight is 257 g/mol. The van der Waals surface area contributed by atoms with Crippen LogP contribution >= 0.6 is 21.7 Å². The molecule has 0 spiro atoms. The fraction of sp³-hybridized carbons (Fsp3) is 0.375. The lowest BCUT2D eigenvalue weighted by molar-refractivity contribution is 0.279. The first-order chi connectivity index (χ1) is 6.70. The third-order valence-electron chi connectivity index (χ3n) is 1.80. The van der Waals surface area contributed by atoms with Crippen molar-refractivity contribution >= 4 is 21.7 Å². The molecule has 15 heavy (non-hydrogen) atoms. The standard InChI is InChI=1S/C8H12N2O2.Cl2.H2O/c1-5-8(12)7(2-9)6(4-11)3-10-5;1-2;/h3,11-12H,2,4,9H2,1H3;;1H2. The number of aromatic hydroxyl groups is 1. The number of nitrogens with zero attached hydrogens (tertiary/aromatic N) is 1. The number of rotatable bonds is 2. The molecule has 0 fully saturated rings. The Morgan fingerprint density at radius 3 is 2.40 bits per heavy atom. The van der Waals surface area contributed by atoms with Gasteiger partial charge in [-0.3, -0.25) is 4.98 Å². The zero-order valence-electron chi connectivity index (χ0n) is 8.17. The predicted octanol–water partition coefficient (Wildman–Crippen LogP) is 0.601. The van der Waals surface area contributed by atoms with Crippen molar-refractivity contribution in [1.29, 1.82) is 0 Å². The summed E-state index contributed by atoms with van der Waals surface area (Å²) in [5.74, 6) is 0.0871. The molecule has 0 aliphatic carbocycles. The molecule has 0 amide bonds. The van der Waals surface area contributed by atoms with Crippen molar-refractivity contribution in [1.82, 2.24) is 4.98 Å². The third-order valence-corrected chi connectivity index (χ3v) is 1.80. The molecule has 0 radical (unpaired) electrons. The summed E-state index contributed by atoms with van der Waals surface area (Å²) in [4.78, 5) is 3.89. The molecule has 6 N–H and O–H groups in total. The number of aryl methyl sites for hydroxylation is 1. The molecule has 1 rings (SSSR count). The van der Waals surface area contributed by atoms with E-state index in [9.17, 15) is 5.11 Å². The highest BCUT2D eigenvalue weighted by Gasteiger charge is 2.08. The minimum atomic E-state index is -0.145. The maximum atomic E-state index is 9.46. The van der Waals surface area contributed by atoms with Gasteiger partial charge in [-0.25, -0.2) is 0 Å². The smallest absolute Gasteiger partial charge is 0.141 e. The van der Waals surface area contributed by atoms with Gasteiger partial charge in [0.15, 0.2) is 0 Å². The Kier molecular flexibility index (Phi) is 9.76. The molecule has 0 aliphatic heterocycles. The van der Waals surface area contributed by atoms with Gasteiger partial charge in [-0.05, 0) is 6.92 Å². The minimum Gasteiger partial charge on any atom is -0.506 e. The predicted molar refractivity (Wildman–Crippen MR) is 59.8 cm³/mol. The topological polar surface area (TPSA) is 111 Å². The van der Waals surface area contributed by atoms with Gasteiger partial charge in [0.1, 0.15) is 5.75 Å². The van der Waals surface area contributed by atoms with Crippen LogP contribution in [0.3, 0.4) is 0 Å². The molecule has 1 aromatic rings. The molecule has 0 bridgehead atoms. The summed E-state index contributed by atoms with van der Waals surface area (Å²) in [6.45, 7) is 1.76. The molecule has 0 saturated heterocycles. The van der Waals surface area contributed by atoms with E-state index in [4.69, 9.17) is 10.8 Å². The maximum absolute atomic E-state index is 9.46. The molecule has 0 aromatic carbocycles. The molecule has 0 saturated carbocycles. The molecule has 0 atom stereocenters. The number of halogens is 2. The molecular weight excluding hydrogens is 243 g/mol. The van der Waals surface area contributed by atoms with E-state index in [0.717, 1.165) is 0 Å². The second kappa shape index (κ2) is 8.70. The first-order valence-electron chi connectivity index (χ1n) is 3.82. The van der Waals surface area contributed by atoms with Gasteiger partial charge in [0.2, 0.25) is 0 Å². The van der Waals surface area contributed by atoms with E-state index in [1.165, 1.54) is 6.20 Å². The summed E-state index contributed by atoms with van der Waals surface area (Å²) < 4.78 is 0. The van der Waals surface area contributed by atoms with Crippen LogP contribution in [0.1, 0.15) is 16.8 Å². The van der Waals surface area contributed by atoms with E-state index in [1.807, 2.05) is 0 Å². The van der Waals surface area contributed by atoms with Crippen molar-refractivity contribution in [2.45, 2.75) is 20.1 Å². The van der Waals surface area contributed by atoms with Gasteiger partial charge in [0.25, 0.3) is 0 Å². The lowest BCUT2D eigenvalue weighted by Crippen LogP contribution is -2.04. The first-order valence-corrected chi connectivity index (χ1v) is 4.96. The molecule has 5 nitrogen and oxygen atoms in total. The van der Waals surface area contributed by atoms with Crippen LogP contribution in [0.5, 0.6) is 5.75 Å². The van der Waals surface area contributed by atoms with E-state index >= 15 is 0 Å². The number of aliphatic hydroxyl groups is 1. The largest absolute Gasteiger partial charge is 0.506 e. The van der Waals surface area contributed by atoms with Crippen LogP contribution in [0.25, 0.3) is 0 Å². The molecule has 1 aromatic heterocycles. The van der Waals surface area contributed by atoms with Gasteiger partial charge in [-0.15, -0.1) is 0 Å². The Morgan fingerprint density at radius 1 is 1.47 bits per heavy atom. The summed E-state index contributed by atoms with van der Waals surface area (Å²) in [6, 6.07) is 0. The number of hydrogen-bond donors (Lipinski definition) is 3. The highest BCUT2D eigenvalue weighted by Crippen LogP contribution is 2.22. The Hall–Kier alpha value is -0.590. The Balaban J connectivity index is 0. The quantitative estimate of drug-likeness (QED) is 0.720. The van der Waals surface area contributed by atoms with E-state index < -0.39 is 0 Å². The Bertz CT molecular complexity index is 297. The van der Waals surface area contributed by atoms with Crippen molar-refractivity contribution in [3.05, 3.63) is 23.0 Å². The van der Waals surface area contributed by atoms with E-state index in [-0.39, 0.29) is 24.4 Å². The van der Waals surface area contributed by atoms with Crippen molar-refractivity contribution in [3.8, 4) is 5.75 Å². The van der Waals surface area contributed by atoms with Gasteiger partial charge in [0.05, 0.1) is 12.3 Å². The van der Waals surface area contributed by atoms with E-state index in [2.05, 4.69) is 26.7 Å². The number of aliphatic hydroxyl groups excluding tert-OH is 1. The number of hydrogen-bond acceptors (Lipinski definition) is 4. The second-order valence-electron chi connectivity index (χ2n) is 2.56. The molecule has 1 heterocycles. The van der Waals surface area contributed by atoms with Crippen LogP contribution in [-0.2, 0) is 13.2 Å². The highest BCUT2D eigenvalue weighted by molar-refractivity contribution is 6.85. The van der Waals surface area contributed by atoms with Crippen LogP contribution in [0.4, 0.5) is 0 Å². The molecule has 0 aliphatic rings. The fourth-order valence-electron chi connectivity index (χ4n) is 1.05. The van der Waals surface area contributed by atoms with Crippen LogP contribution in [-0.4, -0.2) is 20.7 Å². The zero-order valence-corrected chi connectivity index (χ0v) is 9.68. The Morgan fingerprint density at radius 2 is 2.00 bits per heavy atom.